The van der Waals surface area contributed by atoms with E-state index in [1.165, 1.54) is 16.7 Å². The summed E-state index contributed by atoms with van der Waals surface area (Å²) in [5.41, 5.74) is 4.85. The molecule has 146 valence electrons. The lowest BCUT2D eigenvalue weighted by Crippen LogP contribution is -2.47. The lowest BCUT2D eigenvalue weighted by molar-refractivity contribution is -0.164. The van der Waals surface area contributed by atoms with Crippen LogP contribution in [0, 0.1) is 11.3 Å². The number of rotatable bonds is 9. The molecule has 0 amide bonds. The average Bonchev–Trinajstić information content (AvgIpc) is 2.67. The van der Waals surface area contributed by atoms with Crippen molar-refractivity contribution >= 4 is 0 Å². The minimum absolute atomic E-state index is 0.0846. The van der Waals surface area contributed by atoms with E-state index in [9.17, 15) is 5.11 Å². The molecule has 0 aromatic heterocycles. The van der Waals surface area contributed by atoms with E-state index in [4.69, 9.17) is 9.47 Å². The first-order chi connectivity index (χ1) is 13.0. The zero-order chi connectivity index (χ0) is 19.3. The molecule has 2 aromatic carbocycles. The molecule has 27 heavy (non-hydrogen) atoms. The monoisotopic (exact) mass is 368 g/mol. The molecule has 0 spiro atoms. The molecule has 1 saturated heterocycles. The maximum absolute atomic E-state index is 9.17. The van der Waals surface area contributed by atoms with Crippen molar-refractivity contribution in [2.75, 3.05) is 19.8 Å². The van der Waals surface area contributed by atoms with Crippen molar-refractivity contribution in [2.45, 2.75) is 46.3 Å². The van der Waals surface area contributed by atoms with Gasteiger partial charge in [0.15, 0.2) is 0 Å². The number of aliphatic hydroxyl groups excluding tert-OH is 1. The second kappa shape index (κ2) is 9.01. The van der Waals surface area contributed by atoms with Crippen molar-refractivity contribution < 1.29 is 14.6 Å². The third-order valence-corrected chi connectivity index (χ3v) is 5.77. The molecule has 1 N–H and O–H groups in total. The highest BCUT2D eigenvalue weighted by atomic mass is 16.5. The summed E-state index contributed by atoms with van der Waals surface area (Å²) in [5.74, 6) is 0.477. The first kappa shape index (κ1) is 20.1. The zero-order valence-electron chi connectivity index (χ0n) is 16.8. The van der Waals surface area contributed by atoms with Crippen LogP contribution in [0.2, 0.25) is 0 Å². The van der Waals surface area contributed by atoms with Gasteiger partial charge in [-0.25, -0.2) is 0 Å². The summed E-state index contributed by atoms with van der Waals surface area (Å²) >= 11 is 0. The van der Waals surface area contributed by atoms with Gasteiger partial charge in [-0.1, -0.05) is 69.3 Å². The molecule has 1 heterocycles. The van der Waals surface area contributed by atoms with Gasteiger partial charge in [0.05, 0.1) is 32.5 Å². The third kappa shape index (κ3) is 4.98. The van der Waals surface area contributed by atoms with Crippen LogP contribution in [0.4, 0.5) is 0 Å². The predicted molar refractivity (Wildman–Crippen MR) is 110 cm³/mol. The average molecular weight is 369 g/mol. The molecule has 0 aliphatic carbocycles. The van der Waals surface area contributed by atoms with E-state index in [0.717, 1.165) is 38.2 Å². The third-order valence-electron chi connectivity index (χ3n) is 5.77. The van der Waals surface area contributed by atoms with Crippen LogP contribution < -0.4 is 0 Å². The molecule has 0 bridgehead atoms. The Labute approximate surface area is 163 Å². The van der Waals surface area contributed by atoms with Crippen LogP contribution >= 0.6 is 0 Å². The fraction of sp³-hybridized carbons (Fsp3) is 0.500. The summed E-state index contributed by atoms with van der Waals surface area (Å²) in [6.45, 7) is 9.23. The Morgan fingerprint density at radius 3 is 1.93 bits per heavy atom. The molecular formula is C24H32O3. The molecule has 3 nitrogen and oxygen atoms in total. The highest BCUT2D eigenvalue weighted by Gasteiger charge is 2.37. The standard InChI is InChI=1S/C24H32O3/c1-4-24(15-26-16-24)17-27-23(18(2)3)13-19-5-9-21(10-6-19)22-11-7-20(14-25)8-12-22/h5-12,18,23,25H,4,13-17H2,1-3H3. The van der Waals surface area contributed by atoms with Crippen molar-refractivity contribution in [2.24, 2.45) is 11.3 Å². The Kier molecular flexibility index (Phi) is 6.69. The lowest BCUT2D eigenvalue weighted by atomic mass is 9.84. The summed E-state index contributed by atoms with van der Waals surface area (Å²) in [6, 6.07) is 16.8. The Morgan fingerprint density at radius 1 is 0.963 bits per heavy atom. The van der Waals surface area contributed by atoms with E-state index in [1.54, 1.807) is 0 Å². The maximum Gasteiger partial charge on any atom is 0.0681 e. The number of hydrogen-bond donors (Lipinski definition) is 1. The zero-order valence-corrected chi connectivity index (χ0v) is 16.8. The molecular weight excluding hydrogens is 336 g/mol. The maximum atomic E-state index is 9.17. The van der Waals surface area contributed by atoms with Gasteiger partial charge in [-0.05, 0) is 41.0 Å². The summed E-state index contributed by atoms with van der Waals surface area (Å²) in [7, 11) is 0. The van der Waals surface area contributed by atoms with Crippen LogP contribution in [0.15, 0.2) is 48.5 Å². The van der Waals surface area contributed by atoms with Crippen LogP contribution in [-0.2, 0) is 22.5 Å². The predicted octanol–water partition coefficient (Wildman–Crippen LogP) is 4.86. The van der Waals surface area contributed by atoms with E-state index in [0.29, 0.717) is 5.92 Å². The lowest BCUT2D eigenvalue weighted by Gasteiger charge is -2.41. The summed E-state index contributed by atoms with van der Waals surface area (Å²) in [5, 5.41) is 9.17. The normalized spacial score (nSPS) is 16.9. The quantitative estimate of drug-likeness (QED) is 0.687. The molecule has 1 aliphatic heterocycles. The van der Waals surface area contributed by atoms with Gasteiger partial charge in [0.1, 0.15) is 0 Å². The molecule has 3 heteroatoms. The second-order valence-corrected chi connectivity index (χ2v) is 8.20. The van der Waals surface area contributed by atoms with E-state index < -0.39 is 0 Å². The molecule has 1 aliphatic rings. The van der Waals surface area contributed by atoms with Gasteiger partial charge >= 0.3 is 0 Å². The minimum Gasteiger partial charge on any atom is -0.392 e. The second-order valence-electron chi connectivity index (χ2n) is 8.20. The summed E-state index contributed by atoms with van der Waals surface area (Å²) in [4.78, 5) is 0. The SMILES string of the molecule is CCC1(COC(Cc2ccc(-c3ccc(CO)cc3)cc2)C(C)C)COC1. The molecule has 3 rings (SSSR count). The molecule has 0 radical (unpaired) electrons. The number of ether oxygens (including phenoxy) is 2. The Bertz CT molecular complexity index is 694. The largest absolute Gasteiger partial charge is 0.392 e. The van der Waals surface area contributed by atoms with E-state index in [2.05, 4.69) is 57.2 Å². The van der Waals surface area contributed by atoms with Crippen LogP contribution in [0.3, 0.4) is 0 Å². The van der Waals surface area contributed by atoms with E-state index in [1.807, 2.05) is 12.1 Å². The molecule has 1 unspecified atom stereocenters. The highest BCUT2D eigenvalue weighted by Crippen LogP contribution is 2.32. The van der Waals surface area contributed by atoms with Crippen LogP contribution in [0.5, 0.6) is 0 Å². The van der Waals surface area contributed by atoms with Gasteiger partial charge in [-0.2, -0.15) is 0 Å². The van der Waals surface area contributed by atoms with Gasteiger partial charge in [-0.15, -0.1) is 0 Å². The van der Waals surface area contributed by atoms with E-state index in [-0.39, 0.29) is 18.1 Å². The Morgan fingerprint density at radius 2 is 1.52 bits per heavy atom. The van der Waals surface area contributed by atoms with Crippen molar-refractivity contribution in [1.29, 1.82) is 0 Å². The highest BCUT2D eigenvalue weighted by molar-refractivity contribution is 5.63. The van der Waals surface area contributed by atoms with Gasteiger partial charge in [0, 0.05) is 5.41 Å². The first-order valence-electron chi connectivity index (χ1n) is 10.0. The number of aliphatic hydroxyl groups is 1. The fourth-order valence-corrected chi connectivity index (χ4v) is 3.42. The van der Waals surface area contributed by atoms with Crippen molar-refractivity contribution in [3.05, 3.63) is 59.7 Å². The fourth-order valence-electron chi connectivity index (χ4n) is 3.42. The van der Waals surface area contributed by atoms with Crippen molar-refractivity contribution in [3.8, 4) is 11.1 Å². The molecule has 2 aromatic rings. The molecule has 0 saturated carbocycles. The minimum atomic E-state index is 0.0846. The first-order valence-corrected chi connectivity index (χ1v) is 10.0. The van der Waals surface area contributed by atoms with Crippen molar-refractivity contribution in [3.63, 3.8) is 0 Å². The summed E-state index contributed by atoms with van der Waals surface area (Å²) < 4.78 is 11.8. The van der Waals surface area contributed by atoms with Crippen LogP contribution in [0.1, 0.15) is 38.3 Å². The molecule has 1 atom stereocenters. The van der Waals surface area contributed by atoms with Crippen LogP contribution in [0.25, 0.3) is 11.1 Å². The number of benzene rings is 2. The van der Waals surface area contributed by atoms with Gasteiger partial charge in [0.25, 0.3) is 0 Å². The molecule has 1 fully saturated rings. The topological polar surface area (TPSA) is 38.7 Å². The summed E-state index contributed by atoms with van der Waals surface area (Å²) in [6.07, 6.45) is 2.27. The van der Waals surface area contributed by atoms with Crippen LogP contribution in [-0.4, -0.2) is 31.0 Å². The van der Waals surface area contributed by atoms with Crippen molar-refractivity contribution in [1.82, 2.24) is 0 Å². The number of hydrogen-bond acceptors (Lipinski definition) is 3. The van der Waals surface area contributed by atoms with Gasteiger partial charge in [-0.3, -0.25) is 0 Å². The Hall–Kier alpha value is -1.68. The smallest absolute Gasteiger partial charge is 0.0681 e. The van der Waals surface area contributed by atoms with Gasteiger partial charge in [0.2, 0.25) is 0 Å². The Balaban J connectivity index is 1.62. The van der Waals surface area contributed by atoms with E-state index >= 15 is 0 Å². The van der Waals surface area contributed by atoms with Gasteiger partial charge < -0.3 is 14.6 Å².